The molecular weight excluding hydrogens is 386 g/mol. The number of hydrazone groups is 1. The number of nitrogens with one attached hydrogen (secondary N) is 2. The van der Waals surface area contributed by atoms with Crippen LogP contribution in [-0.4, -0.2) is 10.8 Å². The summed E-state index contributed by atoms with van der Waals surface area (Å²) in [6.07, 6.45) is 4.48. The van der Waals surface area contributed by atoms with Gasteiger partial charge < -0.3 is 5.32 Å². The van der Waals surface area contributed by atoms with Gasteiger partial charge >= 0.3 is 0 Å². The Morgan fingerprint density at radius 3 is 2.54 bits per heavy atom. The van der Waals surface area contributed by atoms with E-state index >= 15 is 0 Å². The molecule has 2 bridgehead atoms. The molecule has 0 radical (unpaired) electrons. The van der Waals surface area contributed by atoms with Crippen molar-refractivity contribution in [3.8, 4) is 0 Å². The molecule has 3 fully saturated rings. The quantitative estimate of drug-likeness (QED) is 0.472. The number of benzene rings is 2. The maximum atomic E-state index is 6.03. The van der Waals surface area contributed by atoms with E-state index in [1.165, 1.54) is 12.0 Å². The first-order valence-corrected chi connectivity index (χ1v) is 10.4. The summed E-state index contributed by atoms with van der Waals surface area (Å²) < 4.78 is 0. The van der Waals surface area contributed by atoms with E-state index in [0.717, 1.165) is 28.4 Å². The Bertz CT molecular complexity index is 932. The van der Waals surface area contributed by atoms with Crippen molar-refractivity contribution in [3.05, 3.63) is 70.8 Å². The van der Waals surface area contributed by atoms with Gasteiger partial charge in [0.05, 0.1) is 5.71 Å². The maximum absolute atomic E-state index is 6.03. The minimum atomic E-state index is 0.284. The molecule has 2 aromatic carbocycles. The summed E-state index contributed by atoms with van der Waals surface area (Å²) >= 11 is 11.5. The SMILES string of the molecule is CC1(C)C2CC(=Cc3ccc(Cl)cc3)C(=NNC(=S)Nc3ccccc3)C1C2. The largest absolute Gasteiger partial charge is 0.331 e. The lowest BCUT2D eigenvalue weighted by molar-refractivity contribution is 0.0141. The van der Waals surface area contributed by atoms with Crippen LogP contribution in [0.5, 0.6) is 0 Å². The summed E-state index contributed by atoms with van der Waals surface area (Å²) in [4.78, 5) is 0. The first kappa shape index (κ1) is 19.2. The Morgan fingerprint density at radius 1 is 1.14 bits per heavy atom. The van der Waals surface area contributed by atoms with E-state index in [-0.39, 0.29) is 5.41 Å². The highest BCUT2D eigenvalue weighted by molar-refractivity contribution is 7.80. The topological polar surface area (TPSA) is 36.4 Å². The molecule has 3 aliphatic rings. The molecule has 2 aromatic rings. The zero-order valence-corrected chi connectivity index (χ0v) is 17.6. The number of allylic oxidation sites excluding steroid dienone is 1. The van der Waals surface area contributed by atoms with E-state index in [9.17, 15) is 0 Å². The number of fused-ring (bicyclic) bond motifs is 2. The number of hydrogen-bond donors (Lipinski definition) is 2. The summed E-state index contributed by atoms with van der Waals surface area (Å²) in [7, 11) is 0. The average molecular weight is 410 g/mol. The fourth-order valence-corrected chi connectivity index (χ4v) is 4.54. The molecule has 2 unspecified atom stereocenters. The molecule has 0 aromatic heterocycles. The molecule has 0 spiro atoms. The number of hydrogen-bond acceptors (Lipinski definition) is 2. The fraction of sp³-hybridized carbons (Fsp3) is 0.304. The smallest absolute Gasteiger partial charge is 0.191 e. The van der Waals surface area contributed by atoms with Gasteiger partial charge in [-0.1, -0.05) is 55.8 Å². The van der Waals surface area contributed by atoms with Gasteiger partial charge in [0.1, 0.15) is 0 Å². The summed E-state index contributed by atoms with van der Waals surface area (Å²) in [5.74, 6) is 1.17. The van der Waals surface area contributed by atoms with E-state index in [0.29, 0.717) is 16.9 Å². The first-order chi connectivity index (χ1) is 13.4. The minimum absolute atomic E-state index is 0.284. The fourth-order valence-electron chi connectivity index (χ4n) is 4.25. The molecule has 0 heterocycles. The minimum Gasteiger partial charge on any atom is -0.331 e. The number of para-hydroxylation sites is 1. The third-order valence-electron chi connectivity index (χ3n) is 6.12. The monoisotopic (exact) mass is 409 g/mol. The molecule has 3 aliphatic carbocycles. The van der Waals surface area contributed by atoms with Gasteiger partial charge in [0.15, 0.2) is 5.11 Å². The third-order valence-corrected chi connectivity index (χ3v) is 6.56. The molecule has 3 saturated carbocycles. The van der Waals surface area contributed by atoms with Gasteiger partial charge in [0.2, 0.25) is 0 Å². The highest BCUT2D eigenvalue weighted by Gasteiger charge is 2.54. The summed E-state index contributed by atoms with van der Waals surface area (Å²) in [5, 5.41) is 9.19. The van der Waals surface area contributed by atoms with Crippen LogP contribution in [0.4, 0.5) is 5.69 Å². The Labute approximate surface area is 176 Å². The molecule has 5 rings (SSSR count). The van der Waals surface area contributed by atoms with Crippen molar-refractivity contribution in [2.45, 2.75) is 26.7 Å². The Balaban J connectivity index is 1.55. The predicted molar refractivity (Wildman–Crippen MR) is 123 cm³/mol. The van der Waals surface area contributed by atoms with Crippen LogP contribution < -0.4 is 10.7 Å². The number of anilines is 1. The Kier molecular flexibility index (Phi) is 5.26. The molecular formula is C23H24ClN3S. The molecule has 2 atom stereocenters. The number of halogens is 1. The number of nitrogens with zero attached hydrogens (tertiary/aromatic N) is 1. The van der Waals surface area contributed by atoms with Gasteiger partial charge in [-0.05, 0) is 77.9 Å². The molecule has 5 heteroatoms. The average Bonchev–Trinajstić information content (AvgIpc) is 2.69. The highest BCUT2D eigenvalue weighted by atomic mass is 35.5. The summed E-state index contributed by atoms with van der Waals surface area (Å²) in [6, 6.07) is 17.8. The normalized spacial score (nSPS) is 25.2. The molecule has 144 valence electrons. The molecule has 28 heavy (non-hydrogen) atoms. The zero-order valence-electron chi connectivity index (χ0n) is 16.1. The van der Waals surface area contributed by atoms with Crippen molar-refractivity contribution < 1.29 is 0 Å². The van der Waals surface area contributed by atoms with Gasteiger partial charge in [0, 0.05) is 16.6 Å². The van der Waals surface area contributed by atoms with Crippen LogP contribution in [0.3, 0.4) is 0 Å². The summed E-state index contributed by atoms with van der Waals surface area (Å²) in [5.41, 5.74) is 7.86. The number of thiocarbonyl (C=S) groups is 1. The van der Waals surface area contributed by atoms with Crippen molar-refractivity contribution in [1.82, 2.24) is 5.43 Å². The van der Waals surface area contributed by atoms with Crippen LogP contribution in [0.2, 0.25) is 5.02 Å². The second kappa shape index (κ2) is 7.69. The lowest BCUT2D eigenvalue weighted by Gasteiger charge is -2.57. The molecule has 0 saturated heterocycles. The van der Waals surface area contributed by atoms with E-state index < -0.39 is 0 Å². The van der Waals surface area contributed by atoms with Gasteiger partial charge in [0.25, 0.3) is 0 Å². The molecule has 0 amide bonds. The van der Waals surface area contributed by atoms with Crippen LogP contribution in [0.1, 0.15) is 32.3 Å². The van der Waals surface area contributed by atoms with Crippen molar-refractivity contribution >= 4 is 46.4 Å². The van der Waals surface area contributed by atoms with Crippen molar-refractivity contribution in [2.24, 2.45) is 22.4 Å². The summed E-state index contributed by atoms with van der Waals surface area (Å²) in [6.45, 7) is 4.70. The van der Waals surface area contributed by atoms with Gasteiger partial charge in [-0.15, -0.1) is 0 Å². The van der Waals surface area contributed by atoms with Gasteiger partial charge in [-0.3, -0.25) is 5.43 Å². The van der Waals surface area contributed by atoms with E-state index in [2.05, 4.69) is 30.7 Å². The standard InChI is InChI=1S/C23H24ClN3S/c1-23(2)17-13-16(12-15-8-10-18(24)11-9-15)21(20(23)14-17)26-27-22(28)25-19-6-4-3-5-7-19/h3-12,17,20H,13-14H2,1-2H3,(H2,25,27,28). The highest BCUT2D eigenvalue weighted by Crippen LogP contribution is 2.59. The maximum Gasteiger partial charge on any atom is 0.191 e. The lowest BCUT2D eigenvalue weighted by Crippen LogP contribution is -2.54. The molecule has 0 aliphatic heterocycles. The van der Waals surface area contributed by atoms with E-state index in [1.54, 1.807) is 0 Å². The van der Waals surface area contributed by atoms with Crippen LogP contribution in [0.25, 0.3) is 6.08 Å². The van der Waals surface area contributed by atoms with Crippen molar-refractivity contribution in [2.75, 3.05) is 5.32 Å². The van der Waals surface area contributed by atoms with Gasteiger partial charge in [-0.2, -0.15) is 5.10 Å². The van der Waals surface area contributed by atoms with E-state index in [4.69, 9.17) is 28.9 Å². The first-order valence-electron chi connectivity index (χ1n) is 9.59. The van der Waals surface area contributed by atoms with Crippen LogP contribution in [-0.2, 0) is 0 Å². The molecule has 3 nitrogen and oxygen atoms in total. The third kappa shape index (κ3) is 3.85. The van der Waals surface area contributed by atoms with Crippen LogP contribution in [0.15, 0.2) is 65.3 Å². The second-order valence-electron chi connectivity index (χ2n) is 8.16. The second-order valence-corrected chi connectivity index (χ2v) is 9.01. The predicted octanol–water partition coefficient (Wildman–Crippen LogP) is 6.13. The lowest BCUT2D eigenvalue weighted by atomic mass is 9.47. The Morgan fingerprint density at radius 2 is 1.86 bits per heavy atom. The van der Waals surface area contributed by atoms with Gasteiger partial charge in [-0.25, -0.2) is 0 Å². The van der Waals surface area contributed by atoms with Crippen LogP contribution >= 0.6 is 23.8 Å². The Hall–Kier alpha value is -2.17. The molecule has 2 N–H and O–H groups in total. The number of rotatable bonds is 3. The van der Waals surface area contributed by atoms with Crippen LogP contribution in [0, 0.1) is 17.3 Å². The van der Waals surface area contributed by atoms with E-state index in [1.807, 2.05) is 54.6 Å². The van der Waals surface area contributed by atoms with Crippen molar-refractivity contribution in [1.29, 1.82) is 0 Å². The van der Waals surface area contributed by atoms with Crippen molar-refractivity contribution in [3.63, 3.8) is 0 Å². The zero-order chi connectivity index (χ0) is 19.7.